The Bertz CT molecular complexity index is 433. The Hall–Kier alpha value is -0.580. The highest BCUT2D eigenvalue weighted by Crippen LogP contribution is 2.37. The molecule has 0 radical (unpaired) electrons. The summed E-state index contributed by atoms with van der Waals surface area (Å²) in [6, 6.07) is 3.99. The first-order chi connectivity index (χ1) is 8.15. The molecule has 92 valence electrons. The van der Waals surface area contributed by atoms with Gasteiger partial charge < -0.3 is 10.0 Å². The van der Waals surface area contributed by atoms with E-state index in [1.165, 1.54) is 11.3 Å². The first-order valence-electron chi connectivity index (χ1n) is 5.91. The molecule has 17 heavy (non-hydrogen) atoms. The molecule has 1 N–H and O–H groups in total. The molecular weight excluding hydrogens is 258 g/mol. The summed E-state index contributed by atoms with van der Waals surface area (Å²) in [5.41, 5.74) is 0. The summed E-state index contributed by atoms with van der Waals surface area (Å²) in [6.45, 7) is 0. The lowest BCUT2D eigenvalue weighted by Gasteiger charge is -2.36. The van der Waals surface area contributed by atoms with Crippen LogP contribution >= 0.6 is 22.9 Å². The molecule has 3 heterocycles. The van der Waals surface area contributed by atoms with Gasteiger partial charge in [-0.25, -0.2) is 0 Å². The Labute approximate surface area is 109 Å². The average Bonchev–Trinajstić information content (AvgIpc) is 2.81. The molecule has 0 aliphatic carbocycles. The van der Waals surface area contributed by atoms with E-state index in [9.17, 15) is 9.90 Å². The van der Waals surface area contributed by atoms with Crippen molar-refractivity contribution in [2.75, 3.05) is 0 Å². The van der Waals surface area contributed by atoms with E-state index in [1.807, 2.05) is 4.90 Å². The number of rotatable bonds is 1. The summed E-state index contributed by atoms with van der Waals surface area (Å²) in [6.07, 6.45) is 3.26. The number of hydrogen-bond acceptors (Lipinski definition) is 3. The number of aliphatic hydroxyl groups excluding tert-OH is 1. The number of aliphatic hydroxyl groups is 1. The molecule has 2 atom stereocenters. The quantitative estimate of drug-likeness (QED) is 0.853. The van der Waals surface area contributed by atoms with Gasteiger partial charge in [0.1, 0.15) is 0 Å². The number of hydrogen-bond donors (Lipinski definition) is 1. The molecule has 2 saturated heterocycles. The summed E-state index contributed by atoms with van der Waals surface area (Å²) in [5.74, 6) is 0.0845. The van der Waals surface area contributed by atoms with Gasteiger partial charge in [-0.1, -0.05) is 11.6 Å². The minimum atomic E-state index is -0.233. The first-order valence-corrected chi connectivity index (χ1v) is 7.10. The normalized spacial score (nSPS) is 31.9. The summed E-state index contributed by atoms with van der Waals surface area (Å²) >= 11 is 7.20. The number of thiophene rings is 1. The van der Waals surface area contributed by atoms with Gasteiger partial charge in [-0.2, -0.15) is 0 Å². The van der Waals surface area contributed by atoms with Crippen molar-refractivity contribution >= 4 is 28.8 Å². The van der Waals surface area contributed by atoms with E-state index >= 15 is 0 Å². The molecule has 5 heteroatoms. The molecule has 2 fully saturated rings. The van der Waals surface area contributed by atoms with Crippen LogP contribution in [0.1, 0.15) is 35.4 Å². The summed E-state index contributed by atoms with van der Waals surface area (Å²) < 4.78 is 0.651. The lowest BCUT2D eigenvalue weighted by Crippen LogP contribution is -2.47. The van der Waals surface area contributed by atoms with Gasteiger partial charge in [0.25, 0.3) is 5.91 Å². The fraction of sp³-hybridized carbons (Fsp3) is 0.583. The van der Waals surface area contributed by atoms with Gasteiger partial charge >= 0.3 is 0 Å². The third-order valence-electron chi connectivity index (χ3n) is 3.73. The number of amides is 1. The molecule has 2 aliphatic rings. The Balaban J connectivity index is 1.83. The van der Waals surface area contributed by atoms with E-state index in [2.05, 4.69) is 0 Å². The molecule has 1 aromatic heterocycles. The first kappa shape index (κ1) is 11.5. The van der Waals surface area contributed by atoms with Crippen molar-refractivity contribution in [1.82, 2.24) is 4.90 Å². The van der Waals surface area contributed by atoms with Gasteiger partial charge in [0.2, 0.25) is 0 Å². The summed E-state index contributed by atoms with van der Waals surface area (Å²) in [4.78, 5) is 15.1. The van der Waals surface area contributed by atoms with Crippen LogP contribution < -0.4 is 0 Å². The maximum Gasteiger partial charge on any atom is 0.264 e. The van der Waals surface area contributed by atoms with E-state index in [0.29, 0.717) is 9.21 Å². The minimum Gasteiger partial charge on any atom is -0.393 e. The molecule has 0 spiro atoms. The standard InChI is InChI=1S/C12H14ClNO2S/c13-11-4-3-10(17-11)12(16)14-7-1-2-8(14)6-9(15)5-7/h3-4,7-9,15H,1-2,5-6H2. The number of fused-ring (bicyclic) bond motifs is 2. The Morgan fingerprint density at radius 3 is 2.53 bits per heavy atom. The number of piperidine rings is 1. The van der Waals surface area contributed by atoms with Gasteiger partial charge in [-0.3, -0.25) is 4.79 Å². The molecule has 0 saturated carbocycles. The second-order valence-electron chi connectivity index (χ2n) is 4.83. The van der Waals surface area contributed by atoms with E-state index in [4.69, 9.17) is 11.6 Å². The van der Waals surface area contributed by atoms with Crippen LogP contribution in [-0.2, 0) is 0 Å². The molecule has 1 aromatic rings. The third kappa shape index (κ3) is 1.98. The van der Waals surface area contributed by atoms with Crippen molar-refractivity contribution in [2.45, 2.75) is 43.9 Å². The fourth-order valence-corrected chi connectivity index (χ4v) is 4.02. The second kappa shape index (κ2) is 4.26. The Morgan fingerprint density at radius 1 is 1.35 bits per heavy atom. The van der Waals surface area contributed by atoms with Crippen molar-refractivity contribution in [3.8, 4) is 0 Å². The van der Waals surface area contributed by atoms with Gasteiger partial charge in [0.15, 0.2) is 0 Å². The minimum absolute atomic E-state index is 0.0845. The molecule has 3 nitrogen and oxygen atoms in total. The second-order valence-corrected chi connectivity index (χ2v) is 6.54. The largest absolute Gasteiger partial charge is 0.393 e. The van der Waals surface area contributed by atoms with Crippen molar-refractivity contribution in [2.24, 2.45) is 0 Å². The highest BCUT2D eigenvalue weighted by molar-refractivity contribution is 7.17. The Kier molecular flexibility index (Phi) is 2.89. The van der Waals surface area contributed by atoms with E-state index in [1.54, 1.807) is 12.1 Å². The van der Waals surface area contributed by atoms with Gasteiger partial charge in [-0.05, 0) is 37.8 Å². The zero-order chi connectivity index (χ0) is 12.0. The summed E-state index contributed by atoms with van der Waals surface area (Å²) in [5, 5.41) is 9.71. The highest BCUT2D eigenvalue weighted by Gasteiger charge is 2.43. The molecule has 2 aliphatic heterocycles. The van der Waals surface area contributed by atoms with Crippen LogP contribution in [0, 0.1) is 0 Å². The van der Waals surface area contributed by atoms with Crippen molar-refractivity contribution < 1.29 is 9.90 Å². The van der Waals surface area contributed by atoms with Gasteiger partial charge in [-0.15, -0.1) is 11.3 Å². The van der Waals surface area contributed by atoms with Crippen molar-refractivity contribution in [3.63, 3.8) is 0 Å². The van der Waals surface area contributed by atoms with Crippen LogP contribution in [0.2, 0.25) is 4.34 Å². The van der Waals surface area contributed by atoms with E-state index in [0.717, 1.165) is 25.7 Å². The molecule has 0 aromatic carbocycles. The van der Waals surface area contributed by atoms with Crippen LogP contribution in [0.15, 0.2) is 12.1 Å². The van der Waals surface area contributed by atoms with Crippen LogP contribution in [0.3, 0.4) is 0 Å². The monoisotopic (exact) mass is 271 g/mol. The maximum atomic E-state index is 12.4. The molecule has 1 amide bonds. The zero-order valence-electron chi connectivity index (χ0n) is 9.30. The highest BCUT2D eigenvalue weighted by atomic mass is 35.5. The van der Waals surface area contributed by atoms with Gasteiger partial charge in [0.05, 0.1) is 15.3 Å². The lowest BCUT2D eigenvalue weighted by molar-refractivity contribution is 0.0290. The predicted octanol–water partition coefficient (Wildman–Crippen LogP) is 2.53. The summed E-state index contributed by atoms with van der Waals surface area (Å²) in [7, 11) is 0. The number of carbonyl (C=O) groups is 1. The van der Waals surface area contributed by atoms with Crippen LogP contribution in [0.4, 0.5) is 0 Å². The lowest BCUT2D eigenvalue weighted by atomic mass is 10.00. The predicted molar refractivity (Wildman–Crippen MR) is 67.5 cm³/mol. The zero-order valence-corrected chi connectivity index (χ0v) is 10.9. The number of halogens is 1. The van der Waals surface area contributed by atoms with Crippen molar-refractivity contribution in [3.05, 3.63) is 21.3 Å². The van der Waals surface area contributed by atoms with E-state index in [-0.39, 0.29) is 24.1 Å². The van der Waals surface area contributed by atoms with Gasteiger partial charge in [0, 0.05) is 12.1 Å². The van der Waals surface area contributed by atoms with Crippen LogP contribution in [0.25, 0.3) is 0 Å². The fourth-order valence-electron chi connectivity index (χ4n) is 3.04. The van der Waals surface area contributed by atoms with Crippen LogP contribution in [0.5, 0.6) is 0 Å². The molecule has 2 bridgehead atoms. The van der Waals surface area contributed by atoms with Crippen molar-refractivity contribution in [1.29, 1.82) is 0 Å². The molecular formula is C12H14ClNO2S. The smallest absolute Gasteiger partial charge is 0.264 e. The molecule has 3 rings (SSSR count). The van der Waals surface area contributed by atoms with E-state index < -0.39 is 0 Å². The average molecular weight is 272 g/mol. The topological polar surface area (TPSA) is 40.5 Å². The maximum absolute atomic E-state index is 12.4. The SMILES string of the molecule is O=C(c1ccc(Cl)s1)N1C2CCC1CC(O)C2. The molecule has 2 unspecified atom stereocenters. The van der Waals surface area contributed by atoms with Crippen LogP contribution in [-0.4, -0.2) is 34.1 Å². The Morgan fingerprint density at radius 2 is 2.00 bits per heavy atom. The number of carbonyl (C=O) groups excluding carboxylic acids is 1. The third-order valence-corrected chi connectivity index (χ3v) is 4.95. The number of nitrogens with zero attached hydrogens (tertiary/aromatic N) is 1.